The second-order valence-electron chi connectivity index (χ2n) is 11.0. The quantitative estimate of drug-likeness (QED) is 0.644. The second-order valence-corrected chi connectivity index (χ2v) is 12.8. The number of rotatable bonds is 5. The van der Waals surface area contributed by atoms with Gasteiger partial charge in [-0.15, -0.1) is 0 Å². The zero-order valence-electron chi connectivity index (χ0n) is 19.0. The van der Waals surface area contributed by atoms with Gasteiger partial charge in [0.2, 0.25) is 5.95 Å². The number of halogens is 1. The van der Waals surface area contributed by atoms with Gasteiger partial charge >= 0.3 is 0 Å². The summed E-state index contributed by atoms with van der Waals surface area (Å²) in [6.45, 7) is 0.0661. The number of nitrogens with one attached hydrogen (secondary N) is 1. The Morgan fingerprint density at radius 1 is 1.12 bits per heavy atom. The van der Waals surface area contributed by atoms with Gasteiger partial charge in [-0.25, -0.2) is 15.0 Å². The minimum absolute atomic E-state index is 0.0329. The van der Waals surface area contributed by atoms with Gasteiger partial charge in [-0.05, 0) is 57.8 Å². The third-order valence-electron chi connectivity index (χ3n) is 8.81. The molecule has 5 aliphatic rings. The van der Waals surface area contributed by atoms with E-state index in [9.17, 15) is 9.32 Å². The lowest BCUT2D eigenvalue weighted by molar-refractivity contribution is 0.143. The van der Waals surface area contributed by atoms with Crippen molar-refractivity contribution < 1.29 is 9.32 Å². The normalized spacial score (nSPS) is 31.9. The fourth-order valence-corrected chi connectivity index (χ4v) is 8.52. The lowest BCUT2D eigenvalue weighted by Gasteiger charge is -2.42. The summed E-state index contributed by atoms with van der Waals surface area (Å²) < 4.78 is 13.2. The van der Waals surface area contributed by atoms with Crippen LogP contribution < -0.4 is 10.2 Å². The third-order valence-corrected chi connectivity index (χ3v) is 10.7. The predicted octanol–water partition coefficient (Wildman–Crippen LogP) is 3.31. The zero-order valence-corrected chi connectivity index (χ0v) is 20.6. The molecule has 2 saturated heterocycles. The molecule has 7 rings (SSSR count). The molecule has 1 spiro atoms. The average Bonchev–Trinajstić information content (AvgIpc) is 3.46. The molecule has 4 fully saturated rings. The zero-order chi connectivity index (χ0) is 23.1. The van der Waals surface area contributed by atoms with Gasteiger partial charge in [0.1, 0.15) is 16.5 Å². The van der Waals surface area contributed by atoms with Crippen molar-refractivity contribution in [3.05, 3.63) is 28.9 Å². The Morgan fingerprint density at radius 2 is 1.82 bits per heavy atom. The summed E-state index contributed by atoms with van der Waals surface area (Å²) in [5.74, 6) is 3.30. The van der Waals surface area contributed by atoms with E-state index in [1.54, 1.807) is 12.4 Å². The Kier molecular flexibility index (Phi) is 4.78. The molecule has 2 aromatic heterocycles. The van der Waals surface area contributed by atoms with Crippen molar-refractivity contribution in [2.45, 2.75) is 91.6 Å². The van der Waals surface area contributed by atoms with Crippen molar-refractivity contribution in [3.8, 4) is 0 Å². The first-order chi connectivity index (χ1) is 16.5. The summed E-state index contributed by atoms with van der Waals surface area (Å²) in [4.78, 5) is 22.4. The summed E-state index contributed by atoms with van der Waals surface area (Å²) in [5.41, 5.74) is 0.614. The lowest BCUT2D eigenvalue weighted by Crippen LogP contribution is -2.49. The molecule has 2 N–H and O–H groups in total. The minimum atomic E-state index is -1.09. The summed E-state index contributed by atoms with van der Waals surface area (Å²) in [6.07, 6.45) is 12.5. The van der Waals surface area contributed by atoms with Gasteiger partial charge in [-0.3, -0.25) is 4.21 Å². The molecule has 2 aliphatic carbocycles. The van der Waals surface area contributed by atoms with Crippen LogP contribution in [-0.2, 0) is 16.2 Å². The molecule has 2 bridgehead atoms. The fraction of sp³-hybridized carbons (Fsp3) is 0.667. The van der Waals surface area contributed by atoms with Crippen molar-refractivity contribution in [3.63, 3.8) is 0 Å². The predicted molar refractivity (Wildman–Crippen MR) is 130 cm³/mol. The smallest absolute Gasteiger partial charge is 0.228 e. The summed E-state index contributed by atoms with van der Waals surface area (Å²) >= 11 is 6.00. The van der Waals surface area contributed by atoms with Crippen molar-refractivity contribution in [2.24, 2.45) is 0 Å². The molecular formula is C24H29ClN6O2S. The van der Waals surface area contributed by atoms with E-state index in [1.165, 1.54) is 0 Å². The number of aromatic nitrogens is 4. The summed E-state index contributed by atoms with van der Waals surface area (Å²) in [5, 5.41) is 14.2. The lowest BCUT2D eigenvalue weighted by atomic mass is 9.77. The minimum Gasteiger partial charge on any atom is -0.394 e. The van der Waals surface area contributed by atoms with E-state index in [2.05, 4.69) is 20.2 Å². The third kappa shape index (κ3) is 3.23. The molecule has 2 aromatic rings. The number of fused-ring (bicyclic) bond motifs is 4. The van der Waals surface area contributed by atoms with Crippen molar-refractivity contribution >= 4 is 34.2 Å². The number of hydrogen-bond acceptors (Lipinski definition) is 8. The fourth-order valence-electron chi connectivity index (χ4n) is 6.56. The second kappa shape index (κ2) is 7.58. The SMILES string of the molecule is O=[S@@]1CC2(CC2)c2nc(N3C4CCC3CC(c3ncc(Cl)cn3)C4)nc(NC3(CO)CCC3)c21. The molecule has 2 unspecified atom stereocenters. The number of hydrogen-bond donors (Lipinski definition) is 2. The Hall–Kier alpha value is -1.84. The van der Waals surface area contributed by atoms with Crippen LogP contribution in [0, 0.1) is 0 Å². The Bertz CT molecular complexity index is 1150. The molecule has 10 heteroatoms. The van der Waals surface area contributed by atoms with Gasteiger partial charge in [0, 0.05) is 41.6 Å². The monoisotopic (exact) mass is 500 g/mol. The van der Waals surface area contributed by atoms with Gasteiger partial charge in [-0.2, -0.15) is 4.98 Å². The highest BCUT2D eigenvalue weighted by atomic mass is 35.5. The maximum absolute atomic E-state index is 13.2. The summed E-state index contributed by atoms with van der Waals surface area (Å²) in [7, 11) is -1.09. The van der Waals surface area contributed by atoms with Gasteiger partial charge in [0.25, 0.3) is 0 Å². The van der Waals surface area contributed by atoms with Crippen LogP contribution in [0.2, 0.25) is 5.02 Å². The van der Waals surface area contributed by atoms with E-state index in [4.69, 9.17) is 21.6 Å². The molecule has 8 nitrogen and oxygen atoms in total. The maximum atomic E-state index is 13.2. The van der Waals surface area contributed by atoms with Gasteiger partial charge in [0.05, 0.1) is 33.7 Å². The van der Waals surface area contributed by atoms with Crippen molar-refractivity contribution in [1.82, 2.24) is 19.9 Å². The first kappa shape index (κ1) is 21.4. The molecule has 3 atom stereocenters. The number of anilines is 2. The highest BCUT2D eigenvalue weighted by molar-refractivity contribution is 7.85. The van der Waals surface area contributed by atoms with Crippen molar-refractivity contribution in [1.29, 1.82) is 0 Å². The standard InChI is InChI=1S/C24H29ClN6O2S/c25-15-10-26-20(27-11-15)14-8-16-2-3-17(9-14)31(16)22-28-19-18(34(33)13-23(19)6-7-23)21(29-22)30-24(12-32)4-1-5-24/h10-11,14,16-17,32H,1-9,12-13H2,(H,28,29,30)/t14?,16?,17?,34-/m1/s1. The van der Waals surface area contributed by atoms with Gasteiger partial charge in [-0.1, -0.05) is 11.6 Å². The van der Waals surface area contributed by atoms with Gasteiger partial charge < -0.3 is 15.3 Å². The van der Waals surface area contributed by atoms with Crippen LogP contribution in [0.25, 0.3) is 0 Å². The molecule has 34 heavy (non-hydrogen) atoms. The molecular weight excluding hydrogens is 472 g/mol. The van der Waals surface area contributed by atoms with E-state index in [-0.39, 0.29) is 17.6 Å². The van der Waals surface area contributed by atoms with Crippen LogP contribution in [0.5, 0.6) is 0 Å². The molecule has 0 amide bonds. The maximum Gasteiger partial charge on any atom is 0.228 e. The highest BCUT2D eigenvalue weighted by Gasteiger charge is 2.56. The van der Waals surface area contributed by atoms with Crippen LogP contribution in [0.3, 0.4) is 0 Å². The first-order valence-electron chi connectivity index (χ1n) is 12.4. The molecule has 180 valence electrons. The van der Waals surface area contributed by atoms with E-state index >= 15 is 0 Å². The molecule has 0 aromatic carbocycles. The molecule has 3 aliphatic heterocycles. The highest BCUT2D eigenvalue weighted by Crippen LogP contribution is 2.56. The number of piperidine rings is 1. The number of nitrogens with zero attached hydrogens (tertiary/aromatic N) is 5. The van der Waals surface area contributed by atoms with E-state index in [0.717, 1.165) is 80.1 Å². The average molecular weight is 501 g/mol. The molecule has 0 radical (unpaired) electrons. The summed E-state index contributed by atoms with van der Waals surface area (Å²) in [6, 6.07) is 0.679. The Labute approximate surface area is 206 Å². The molecule has 2 saturated carbocycles. The van der Waals surface area contributed by atoms with Crippen LogP contribution in [0.4, 0.5) is 11.8 Å². The van der Waals surface area contributed by atoms with Crippen LogP contribution >= 0.6 is 11.6 Å². The Morgan fingerprint density at radius 3 is 2.41 bits per heavy atom. The largest absolute Gasteiger partial charge is 0.394 e. The van der Waals surface area contributed by atoms with Gasteiger partial charge in [0.15, 0.2) is 0 Å². The van der Waals surface area contributed by atoms with Crippen LogP contribution in [-0.4, -0.2) is 59.2 Å². The Balaban J connectivity index is 1.25. The van der Waals surface area contributed by atoms with Crippen molar-refractivity contribution in [2.75, 3.05) is 22.6 Å². The van der Waals surface area contributed by atoms with Crippen LogP contribution in [0.15, 0.2) is 17.3 Å². The van der Waals surface area contributed by atoms with E-state index in [1.807, 2.05) is 0 Å². The first-order valence-corrected chi connectivity index (χ1v) is 14.1. The van der Waals surface area contributed by atoms with E-state index < -0.39 is 10.8 Å². The number of aliphatic hydroxyl groups excluding tert-OH is 1. The topological polar surface area (TPSA) is 104 Å². The molecule has 5 heterocycles. The number of aliphatic hydroxyl groups is 1. The van der Waals surface area contributed by atoms with Crippen LogP contribution in [0.1, 0.15) is 75.2 Å². The van der Waals surface area contributed by atoms with E-state index in [0.29, 0.717) is 34.6 Å².